The molecule has 0 aliphatic rings. The highest BCUT2D eigenvalue weighted by Crippen LogP contribution is 2.26. The maximum Gasteiger partial charge on any atom is 0.327 e. The molecule has 0 spiro atoms. The Bertz CT molecular complexity index is 394. The number of esters is 1. The van der Waals surface area contributed by atoms with Crippen LogP contribution in [0, 0.1) is 0 Å². The number of halogens is 1. The van der Waals surface area contributed by atoms with Crippen LogP contribution in [0.3, 0.4) is 0 Å². The SMILES string of the molecule is CCCCCCOC(c1ccccc1)C(Cl)C(=O)OCC. The van der Waals surface area contributed by atoms with E-state index in [-0.39, 0.29) is 0 Å². The Morgan fingerprint density at radius 3 is 2.48 bits per heavy atom. The van der Waals surface area contributed by atoms with Gasteiger partial charge in [0.05, 0.1) is 6.61 Å². The summed E-state index contributed by atoms with van der Waals surface area (Å²) in [7, 11) is 0. The summed E-state index contributed by atoms with van der Waals surface area (Å²) in [5.74, 6) is -0.429. The third-order valence-electron chi connectivity index (χ3n) is 3.20. The first-order valence-electron chi connectivity index (χ1n) is 7.68. The minimum Gasteiger partial charge on any atom is -0.465 e. The van der Waals surface area contributed by atoms with Crippen LogP contribution in [0.25, 0.3) is 0 Å². The van der Waals surface area contributed by atoms with Crippen LogP contribution in [0.5, 0.6) is 0 Å². The maximum atomic E-state index is 11.9. The molecule has 21 heavy (non-hydrogen) atoms. The second-order valence-corrected chi connectivity index (χ2v) is 5.39. The highest BCUT2D eigenvalue weighted by molar-refractivity contribution is 6.30. The molecule has 3 nitrogen and oxygen atoms in total. The van der Waals surface area contributed by atoms with Gasteiger partial charge in [-0.2, -0.15) is 0 Å². The predicted octanol–water partition coefficient (Wildman–Crippen LogP) is 4.50. The van der Waals surface area contributed by atoms with Gasteiger partial charge in [-0.25, -0.2) is 0 Å². The fourth-order valence-electron chi connectivity index (χ4n) is 2.08. The summed E-state index contributed by atoms with van der Waals surface area (Å²) in [6, 6.07) is 9.60. The molecule has 0 radical (unpaired) electrons. The van der Waals surface area contributed by atoms with Crippen molar-refractivity contribution in [1.29, 1.82) is 0 Å². The minimum atomic E-state index is -0.821. The van der Waals surface area contributed by atoms with Crippen LogP contribution in [0.1, 0.15) is 51.2 Å². The summed E-state index contributed by atoms with van der Waals surface area (Å²) in [6.07, 6.45) is 4.02. The number of hydrogen-bond acceptors (Lipinski definition) is 3. The van der Waals surface area contributed by atoms with E-state index < -0.39 is 17.5 Å². The zero-order valence-corrected chi connectivity index (χ0v) is 13.6. The van der Waals surface area contributed by atoms with Crippen LogP contribution in [0.4, 0.5) is 0 Å². The van der Waals surface area contributed by atoms with Gasteiger partial charge in [-0.3, -0.25) is 4.79 Å². The number of rotatable bonds is 10. The van der Waals surface area contributed by atoms with Gasteiger partial charge >= 0.3 is 5.97 Å². The van der Waals surface area contributed by atoms with Crippen molar-refractivity contribution in [2.45, 2.75) is 51.0 Å². The molecule has 2 atom stereocenters. The Hall–Kier alpha value is -1.06. The van der Waals surface area contributed by atoms with Crippen molar-refractivity contribution in [2.24, 2.45) is 0 Å². The average molecular weight is 313 g/mol. The molecule has 0 bridgehead atoms. The molecule has 118 valence electrons. The van der Waals surface area contributed by atoms with Gasteiger partial charge in [0.1, 0.15) is 6.10 Å². The van der Waals surface area contributed by atoms with Gasteiger partial charge in [0, 0.05) is 6.61 Å². The fraction of sp³-hybridized carbons (Fsp3) is 0.588. The monoisotopic (exact) mass is 312 g/mol. The van der Waals surface area contributed by atoms with E-state index in [1.165, 1.54) is 12.8 Å². The molecule has 1 aromatic carbocycles. The number of unbranched alkanes of at least 4 members (excludes halogenated alkanes) is 3. The Kier molecular flexibility index (Phi) is 9.11. The first-order valence-corrected chi connectivity index (χ1v) is 8.11. The van der Waals surface area contributed by atoms with E-state index in [1.807, 2.05) is 30.3 Å². The topological polar surface area (TPSA) is 35.5 Å². The van der Waals surface area contributed by atoms with Crippen molar-refractivity contribution < 1.29 is 14.3 Å². The minimum absolute atomic E-state index is 0.320. The molecule has 0 heterocycles. The van der Waals surface area contributed by atoms with E-state index in [2.05, 4.69) is 6.92 Å². The predicted molar refractivity (Wildman–Crippen MR) is 85.6 cm³/mol. The van der Waals surface area contributed by atoms with Crippen molar-refractivity contribution in [3.63, 3.8) is 0 Å². The molecule has 0 amide bonds. The third kappa shape index (κ3) is 6.49. The highest BCUT2D eigenvalue weighted by atomic mass is 35.5. The van der Waals surface area contributed by atoms with Crippen LogP contribution >= 0.6 is 11.6 Å². The molecule has 4 heteroatoms. The maximum absolute atomic E-state index is 11.9. The third-order valence-corrected chi connectivity index (χ3v) is 3.61. The Morgan fingerprint density at radius 1 is 1.14 bits per heavy atom. The van der Waals surface area contributed by atoms with E-state index >= 15 is 0 Å². The molecule has 2 unspecified atom stereocenters. The van der Waals surface area contributed by atoms with Gasteiger partial charge in [-0.05, 0) is 18.9 Å². The zero-order chi connectivity index (χ0) is 15.5. The molecule has 0 aliphatic heterocycles. The van der Waals surface area contributed by atoms with E-state index in [0.29, 0.717) is 13.2 Å². The summed E-state index contributed by atoms with van der Waals surface area (Å²) in [6.45, 7) is 4.86. The highest BCUT2D eigenvalue weighted by Gasteiger charge is 2.29. The lowest BCUT2D eigenvalue weighted by molar-refractivity contribution is -0.145. The molecule has 0 aliphatic carbocycles. The lowest BCUT2D eigenvalue weighted by Crippen LogP contribution is -2.27. The lowest BCUT2D eigenvalue weighted by atomic mass is 10.1. The number of ether oxygens (including phenoxy) is 2. The quantitative estimate of drug-likeness (QED) is 0.362. The van der Waals surface area contributed by atoms with Crippen molar-refractivity contribution >= 4 is 17.6 Å². The normalized spacial score (nSPS) is 13.7. The molecular weight excluding hydrogens is 288 g/mol. The molecule has 0 N–H and O–H groups in total. The fourth-order valence-corrected chi connectivity index (χ4v) is 2.36. The average Bonchev–Trinajstić information content (AvgIpc) is 2.51. The van der Waals surface area contributed by atoms with Crippen molar-refractivity contribution in [1.82, 2.24) is 0 Å². The van der Waals surface area contributed by atoms with Crippen LogP contribution in [-0.2, 0) is 14.3 Å². The second-order valence-electron chi connectivity index (χ2n) is 4.92. The van der Waals surface area contributed by atoms with E-state index in [1.54, 1.807) is 6.92 Å². The number of carbonyl (C=O) groups excluding carboxylic acids is 1. The first-order chi connectivity index (χ1) is 10.2. The number of benzene rings is 1. The van der Waals surface area contributed by atoms with Crippen LogP contribution in [0.2, 0.25) is 0 Å². The Balaban J connectivity index is 2.64. The van der Waals surface area contributed by atoms with E-state index in [9.17, 15) is 4.79 Å². The smallest absolute Gasteiger partial charge is 0.327 e. The molecular formula is C17H25ClO3. The van der Waals surface area contributed by atoms with E-state index in [4.69, 9.17) is 21.1 Å². The van der Waals surface area contributed by atoms with Crippen LogP contribution in [0.15, 0.2) is 30.3 Å². The Labute approximate surface area is 132 Å². The zero-order valence-electron chi connectivity index (χ0n) is 12.9. The van der Waals surface area contributed by atoms with Gasteiger partial charge in [0.2, 0.25) is 0 Å². The van der Waals surface area contributed by atoms with Crippen LogP contribution < -0.4 is 0 Å². The van der Waals surface area contributed by atoms with Gasteiger partial charge < -0.3 is 9.47 Å². The lowest BCUT2D eigenvalue weighted by Gasteiger charge is -2.22. The summed E-state index contributed by atoms with van der Waals surface area (Å²) >= 11 is 6.25. The van der Waals surface area contributed by atoms with Gasteiger partial charge in [-0.1, -0.05) is 56.5 Å². The van der Waals surface area contributed by atoms with E-state index in [0.717, 1.165) is 18.4 Å². The molecule has 0 saturated heterocycles. The van der Waals surface area contributed by atoms with Crippen molar-refractivity contribution in [2.75, 3.05) is 13.2 Å². The number of alkyl halides is 1. The molecule has 0 aromatic heterocycles. The molecule has 1 rings (SSSR count). The molecule has 1 aromatic rings. The van der Waals surface area contributed by atoms with Crippen molar-refractivity contribution in [3.8, 4) is 0 Å². The standard InChI is InChI=1S/C17H25ClO3/c1-3-5-6-10-13-21-16(14-11-8-7-9-12-14)15(18)17(19)20-4-2/h7-9,11-12,15-16H,3-6,10,13H2,1-2H3. The van der Waals surface area contributed by atoms with Gasteiger partial charge in [-0.15, -0.1) is 11.6 Å². The molecule has 0 fully saturated rings. The van der Waals surface area contributed by atoms with Gasteiger partial charge in [0.25, 0.3) is 0 Å². The Morgan fingerprint density at radius 2 is 1.86 bits per heavy atom. The molecule has 0 saturated carbocycles. The number of carbonyl (C=O) groups is 1. The number of hydrogen-bond donors (Lipinski definition) is 0. The van der Waals surface area contributed by atoms with Crippen molar-refractivity contribution in [3.05, 3.63) is 35.9 Å². The largest absolute Gasteiger partial charge is 0.465 e. The second kappa shape index (κ2) is 10.6. The summed E-state index contributed by atoms with van der Waals surface area (Å²) in [4.78, 5) is 11.9. The summed E-state index contributed by atoms with van der Waals surface area (Å²) in [5.41, 5.74) is 0.904. The first kappa shape index (κ1) is 18.0. The summed E-state index contributed by atoms with van der Waals surface area (Å²) < 4.78 is 10.9. The van der Waals surface area contributed by atoms with Gasteiger partial charge in [0.15, 0.2) is 5.38 Å². The van der Waals surface area contributed by atoms with Crippen LogP contribution in [-0.4, -0.2) is 24.6 Å². The summed E-state index contributed by atoms with van der Waals surface area (Å²) in [5, 5.41) is -0.821.